The molecule has 0 aromatic rings. The lowest BCUT2D eigenvalue weighted by Crippen LogP contribution is -2.57. The van der Waals surface area contributed by atoms with Crippen LogP contribution >= 0.6 is 0 Å². The molecule has 3 aliphatic rings. The van der Waals surface area contributed by atoms with Crippen LogP contribution in [0.1, 0.15) is 25.7 Å². The molecule has 0 aromatic heterocycles. The molecule has 0 radical (unpaired) electrons. The highest BCUT2D eigenvalue weighted by Crippen LogP contribution is 2.57. The lowest BCUT2D eigenvalue weighted by molar-refractivity contribution is -0.187. The van der Waals surface area contributed by atoms with E-state index in [4.69, 9.17) is 10.2 Å². The summed E-state index contributed by atoms with van der Waals surface area (Å²) in [5.41, 5.74) is -1.39. The first-order valence-electron chi connectivity index (χ1n) is 5.59. The average molecular weight is 242 g/mol. The normalized spacial score (nSPS) is 39.9. The van der Waals surface area contributed by atoms with E-state index in [1.54, 1.807) is 0 Å². The van der Waals surface area contributed by atoms with E-state index in [2.05, 4.69) is 0 Å². The minimum Gasteiger partial charge on any atom is -0.481 e. The predicted octanol–water partition coefficient (Wildman–Crippen LogP) is 0.663. The van der Waals surface area contributed by atoms with Crippen LogP contribution in [0.15, 0.2) is 0 Å². The first-order valence-corrected chi connectivity index (χ1v) is 5.59. The summed E-state index contributed by atoms with van der Waals surface area (Å²) in [5.74, 6) is -6.23. The molecule has 0 heterocycles. The number of carboxylic acids is 3. The standard InChI is InChI=1S/C11H14O6/c12-8(13)6-5-1-3-11(4-2-5,10(16)17)7(6)9(14)15/h5-7H,1-4H2,(H,12,13)(H,14,15)(H,16,17)/t5?,6-,7-,11?/m0/s1. The monoisotopic (exact) mass is 242 g/mol. The Morgan fingerprint density at radius 1 is 0.941 bits per heavy atom. The maximum absolute atomic E-state index is 11.4. The number of hydrogen-bond acceptors (Lipinski definition) is 3. The number of carbonyl (C=O) groups is 3. The van der Waals surface area contributed by atoms with Crippen LogP contribution in [0.2, 0.25) is 0 Å². The van der Waals surface area contributed by atoms with Gasteiger partial charge in [0.2, 0.25) is 0 Å². The number of rotatable bonds is 3. The Labute approximate surface area is 97.2 Å². The van der Waals surface area contributed by atoms with Gasteiger partial charge in [0, 0.05) is 0 Å². The predicted molar refractivity (Wildman–Crippen MR) is 54.3 cm³/mol. The quantitative estimate of drug-likeness (QED) is 0.670. The molecule has 0 aromatic carbocycles. The second-order valence-electron chi connectivity index (χ2n) is 4.98. The van der Waals surface area contributed by atoms with Crippen LogP contribution in [0.3, 0.4) is 0 Å². The van der Waals surface area contributed by atoms with Crippen LogP contribution in [-0.4, -0.2) is 33.2 Å². The van der Waals surface area contributed by atoms with Gasteiger partial charge in [0.1, 0.15) is 0 Å². The third-order valence-corrected chi connectivity index (χ3v) is 4.36. The Bertz CT molecular complexity index is 379. The largest absolute Gasteiger partial charge is 0.481 e. The van der Waals surface area contributed by atoms with Crippen molar-refractivity contribution >= 4 is 17.9 Å². The van der Waals surface area contributed by atoms with Crippen LogP contribution in [0.4, 0.5) is 0 Å². The molecule has 3 saturated carbocycles. The SMILES string of the molecule is O=C(O)[C@@H]1[C@@H](C(=O)O)C2CCC1(C(=O)O)CC2. The number of hydrogen-bond donors (Lipinski definition) is 3. The van der Waals surface area contributed by atoms with Gasteiger partial charge in [-0.15, -0.1) is 0 Å². The van der Waals surface area contributed by atoms with Crippen LogP contribution in [0.25, 0.3) is 0 Å². The molecule has 0 aliphatic heterocycles. The van der Waals surface area contributed by atoms with Crippen LogP contribution in [-0.2, 0) is 14.4 Å². The summed E-state index contributed by atoms with van der Waals surface area (Å²) < 4.78 is 0. The minimum atomic E-state index is -1.39. The van der Waals surface area contributed by atoms with E-state index in [0.29, 0.717) is 12.8 Å². The Hall–Kier alpha value is -1.59. The van der Waals surface area contributed by atoms with Gasteiger partial charge >= 0.3 is 17.9 Å². The molecule has 3 rings (SSSR count). The molecule has 6 nitrogen and oxygen atoms in total. The lowest BCUT2D eigenvalue weighted by Gasteiger charge is -2.50. The molecule has 2 atom stereocenters. The molecule has 2 bridgehead atoms. The third-order valence-electron chi connectivity index (χ3n) is 4.36. The molecule has 0 spiro atoms. The van der Waals surface area contributed by atoms with Gasteiger partial charge in [-0.1, -0.05) is 0 Å². The third kappa shape index (κ3) is 1.50. The molecule has 17 heavy (non-hydrogen) atoms. The summed E-state index contributed by atoms with van der Waals surface area (Å²) in [6.07, 6.45) is 1.53. The second kappa shape index (κ2) is 3.72. The van der Waals surface area contributed by atoms with Crippen molar-refractivity contribution in [1.82, 2.24) is 0 Å². The van der Waals surface area contributed by atoms with Crippen LogP contribution < -0.4 is 0 Å². The maximum atomic E-state index is 11.4. The van der Waals surface area contributed by atoms with Gasteiger partial charge in [-0.05, 0) is 31.6 Å². The topological polar surface area (TPSA) is 112 Å². The average Bonchev–Trinajstić information content (AvgIpc) is 2.28. The fourth-order valence-electron chi connectivity index (χ4n) is 3.52. The van der Waals surface area contributed by atoms with Crippen molar-refractivity contribution in [2.45, 2.75) is 25.7 Å². The van der Waals surface area contributed by atoms with Crippen molar-refractivity contribution in [2.24, 2.45) is 23.2 Å². The van der Waals surface area contributed by atoms with Gasteiger partial charge in [0.05, 0.1) is 17.3 Å². The van der Waals surface area contributed by atoms with Crippen molar-refractivity contribution in [3.63, 3.8) is 0 Å². The molecule has 0 saturated heterocycles. The molecule has 3 fully saturated rings. The van der Waals surface area contributed by atoms with E-state index in [-0.39, 0.29) is 18.8 Å². The zero-order valence-electron chi connectivity index (χ0n) is 9.13. The number of aliphatic carboxylic acids is 3. The highest BCUT2D eigenvalue weighted by molar-refractivity contribution is 5.89. The van der Waals surface area contributed by atoms with Gasteiger partial charge < -0.3 is 15.3 Å². The Morgan fingerprint density at radius 3 is 1.82 bits per heavy atom. The summed E-state index contributed by atoms with van der Waals surface area (Å²) in [6, 6.07) is 0. The maximum Gasteiger partial charge on any atom is 0.310 e. The highest BCUT2D eigenvalue weighted by atomic mass is 16.4. The molecule has 3 aliphatic carbocycles. The molecule has 3 N–H and O–H groups in total. The van der Waals surface area contributed by atoms with Gasteiger partial charge in [-0.2, -0.15) is 0 Å². The summed E-state index contributed by atoms with van der Waals surface area (Å²) in [4.78, 5) is 33.8. The van der Waals surface area contributed by atoms with E-state index in [1.807, 2.05) is 0 Å². The fraction of sp³-hybridized carbons (Fsp3) is 0.727. The zero-order valence-corrected chi connectivity index (χ0v) is 9.13. The molecular formula is C11H14O6. The summed E-state index contributed by atoms with van der Waals surface area (Å²) in [5, 5.41) is 27.6. The second-order valence-corrected chi connectivity index (χ2v) is 4.98. The van der Waals surface area contributed by atoms with E-state index in [0.717, 1.165) is 0 Å². The molecule has 6 heteroatoms. The van der Waals surface area contributed by atoms with Crippen molar-refractivity contribution in [1.29, 1.82) is 0 Å². The molecule has 0 amide bonds. The van der Waals surface area contributed by atoms with Crippen LogP contribution in [0, 0.1) is 23.2 Å². The van der Waals surface area contributed by atoms with Crippen LogP contribution in [0.5, 0.6) is 0 Å². The first-order chi connectivity index (χ1) is 7.90. The molecule has 0 unspecified atom stereocenters. The smallest absolute Gasteiger partial charge is 0.310 e. The summed E-state index contributed by atoms with van der Waals surface area (Å²) >= 11 is 0. The van der Waals surface area contributed by atoms with Gasteiger partial charge in [0.15, 0.2) is 0 Å². The van der Waals surface area contributed by atoms with Crippen molar-refractivity contribution in [2.75, 3.05) is 0 Å². The van der Waals surface area contributed by atoms with Gasteiger partial charge in [-0.25, -0.2) is 0 Å². The van der Waals surface area contributed by atoms with Gasteiger partial charge in [0.25, 0.3) is 0 Å². The number of carboxylic acid groups (broad SMARTS) is 3. The van der Waals surface area contributed by atoms with Crippen molar-refractivity contribution in [3.8, 4) is 0 Å². The van der Waals surface area contributed by atoms with E-state index in [1.165, 1.54) is 0 Å². The van der Waals surface area contributed by atoms with Crippen molar-refractivity contribution in [3.05, 3.63) is 0 Å². The lowest BCUT2D eigenvalue weighted by atomic mass is 9.50. The Morgan fingerprint density at radius 2 is 1.47 bits per heavy atom. The first kappa shape index (κ1) is 11.9. The zero-order chi connectivity index (χ0) is 12.8. The van der Waals surface area contributed by atoms with E-state index >= 15 is 0 Å². The Balaban J connectivity index is 2.47. The molecule has 94 valence electrons. The minimum absolute atomic E-state index is 0.199. The summed E-state index contributed by atoms with van der Waals surface area (Å²) in [6.45, 7) is 0. The highest BCUT2D eigenvalue weighted by Gasteiger charge is 2.62. The molecular weight excluding hydrogens is 228 g/mol. The van der Waals surface area contributed by atoms with E-state index < -0.39 is 35.2 Å². The summed E-state index contributed by atoms with van der Waals surface area (Å²) in [7, 11) is 0. The fourth-order valence-corrected chi connectivity index (χ4v) is 3.52. The Kier molecular flexibility index (Phi) is 2.60. The van der Waals surface area contributed by atoms with Crippen molar-refractivity contribution < 1.29 is 29.7 Å². The van der Waals surface area contributed by atoms with Gasteiger partial charge in [-0.3, -0.25) is 14.4 Å². The van der Waals surface area contributed by atoms with E-state index in [9.17, 15) is 19.5 Å². The number of fused-ring (bicyclic) bond motifs is 3.